The summed E-state index contributed by atoms with van der Waals surface area (Å²) in [6.45, 7) is 2.58. The van der Waals surface area contributed by atoms with Crippen molar-refractivity contribution in [1.82, 2.24) is 5.32 Å². The predicted molar refractivity (Wildman–Crippen MR) is 83.4 cm³/mol. The Kier molecular flexibility index (Phi) is 5.28. The molecule has 0 bridgehead atoms. The van der Waals surface area contributed by atoms with E-state index < -0.39 is 6.04 Å². The van der Waals surface area contributed by atoms with Gasteiger partial charge in [-0.2, -0.15) is 0 Å². The summed E-state index contributed by atoms with van der Waals surface area (Å²) in [4.78, 5) is 0. The summed E-state index contributed by atoms with van der Waals surface area (Å²) in [5, 5.41) is 4.55. The smallest absolute Gasteiger partial charge is 0.129 e. The molecule has 0 aliphatic rings. The van der Waals surface area contributed by atoms with Crippen LogP contribution in [0.25, 0.3) is 0 Å². The summed E-state index contributed by atoms with van der Waals surface area (Å²) in [5.41, 5.74) is 1.13. The molecule has 1 nitrogen and oxygen atoms in total. The van der Waals surface area contributed by atoms with Crippen LogP contribution in [0.4, 0.5) is 4.39 Å². The number of hydrogen-bond acceptors (Lipinski definition) is 1. The van der Waals surface area contributed by atoms with Gasteiger partial charge in [-0.3, -0.25) is 0 Å². The second-order valence-corrected chi connectivity index (χ2v) is 5.54. The van der Waals surface area contributed by atoms with Crippen LogP contribution in [0.15, 0.2) is 36.4 Å². The van der Waals surface area contributed by atoms with Gasteiger partial charge in [-0.1, -0.05) is 53.9 Å². The van der Waals surface area contributed by atoms with Gasteiger partial charge in [-0.05, 0) is 30.8 Å². The monoisotopic (exact) mass is 331 g/mol. The van der Waals surface area contributed by atoms with E-state index in [0.29, 0.717) is 32.7 Å². The van der Waals surface area contributed by atoms with Crippen LogP contribution < -0.4 is 5.32 Å². The van der Waals surface area contributed by atoms with Crippen molar-refractivity contribution in [3.05, 3.63) is 68.4 Å². The van der Waals surface area contributed by atoms with Crippen molar-refractivity contribution in [3.8, 4) is 0 Å². The van der Waals surface area contributed by atoms with Gasteiger partial charge in [0.2, 0.25) is 0 Å². The molecule has 1 N–H and O–H groups in total. The molecule has 0 saturated carbocycles. The van der Waals surface area contributed by atoms with E-state index in [1.54, 1.807) is 30.3 Å². The van der Waals surface area contributed by atoms with Gasteiger partial charge in [0.15, 0.2) is 0 Å². The fraction of sp³-hybridized carbons (Fsp3) is 0.200. The lowest BCUT2D eigenvalue weighted by Gasteiger charge is -2.22. The standard InChI is InChI=1S/C15H13Cl3FN/c1-2-20-15(10-7-6-9(16)8-13(10)19)14-11(17)4-3-5-12(14)18/h3-8,15,20H,2H2,1H3. The van der Waals surface area contributed by atoms with Crippen molar-refractivity contribution in [2.75, 3.05) is 6.54 Å². The minimum absolute atomic E-state index is 0.353. The highest BCUT2D eigenvalue weighted by Crippen LogP contribution is 2.35. The Morgan fingerprint density at radius 1 is 1.10 bits per heavy atom. The van der Waals surface area contributed by atoms with Gasteiger partial charge in [-0.15, -0.1) is 0 Å². The third-order valence-corrected chi connectivity index (χ3v) is 3.86. The molecule has 0 heterocycles. The topological polar surface area (TPSA) is 12.0 Å². The zero-order valence-corrected chi connectivity index (χ0v) is 13.0. The Labute approximate surface area is 132 Å². The van der Waals surface area contributed by atoms with Crippen LogP contribution in [0.2, 0.25) is 15.1 Å². The van der Waals surface area contributed by atoms with E-state index in [-0.39, 0.29) is 5.82 Å². The Morgan fingerprint density at radius 2 is 1.75 bits per heavy atom. The molecule has 0 amide bonds. The fourth-order valence-electron chi connectivity index (χ4n) is 2.09. The third kappa shape index (κ3) is 3.26. The maximum atomic E-state index is 14.2. The van der Waals surface area contributed by atoms with Crippen molar-refractivity contribution in [2.24, 2.45) is 0 Å². The van der Waals surface area contributed by atoms with E-state index in [1.165, 1.54) is 6.07 Å². The Hall–Kier alpha value is -0.800. The molecule has 0 aliphatic carbocycles. The Bertz CT molecular complexity index is 596. The average Bonchev–Trinajstić information content (AvgIpc) is 2.38. The van der Waals surface area contributed by atoms with Gasteiger partial charge in [-0.25, -0.2) is 4.39 Å². The van der Waals surface area contributed by atoms with E-state index in [0.717, 1.165) is 0 Å². The lowest BCUT2D eigenvalue weighted by Crippen LogP contribution is -2.23. The van der Waals surface area contributed by atoms with Crippen molar-refractivity contribution in [2.45, 2.75) is 13.0 Å². The second-order valence-electron chi connectivity index (χ2n) is 4.29. The van der Waals surface area contributed by atoms with Gasteiger partial charge in [0.25, 0.3) is 0 Å². The zero-order chi connectivity index (χ0) is 14.7. The lowest BCUT2D eigenvalue weighted by atomic mass is 9.98. The van der Waals surface area contributed by atoms with Crippen molar-refractivity contribution in [1.29, 1.82) is 0 Å². The van der Waals surface area contributed by atoms with Crippen molar-refractivity contribution >= 4 is 34.8 Å². The van der Waals surface area contributed by atoms with E-state index >= 15 is 0 Å². The van der Waals surface area contributed by atoms with Gasteiger partial charge < -0.3 is 5.32 Å². The van der Waals surface area contributed by atoms with E-state index in [4.69, 9.17) is 34.8 Å². The largest absolute Gasteiger partial charge is 0.306 e. The maximum Gasteiger partial charge on any atom is 0.129 e. The summed E-state index contributed by atoms with van der Waals surface area (Å²) >= 11 is 18.2. The second kappa shape index (κ2) is 6.77. The molecule has 0 aliphatic heterocycles. The summed E-state index contributed by atoms with van der Waals surface area (Å²) in [7, 11) is 0. The molecule has 20 heavy (non-hydrogen) atoms. The average molecular weight is 333 g/mol. The quantitative estimate of drug-likeness (QED) is 0.781. The molecule has 0 spiro atoms. The summed E-state index contributed by atoms with van der Waals surface area (Å²) in [6, 6.07) is 9.39. The van der Waals surface area contributed by atoms with Gasteiger partial charge in [0.1, 0.15) is 5.82 Å². The molecular weight excluding hydrogens is 320 g/mol. The summed E-state index contributed by atoms with van der Waals surface area (Å²) < 4.78 is 14.2. The first-order valence-corrected chi connectivity index (χ1v) is 7.30. The molecule has 0 fully saturated rings. The first-order valence-electron chi connectivity index (χ1n) is 6.16. The first-order chi connectivity index (χ1) is 9.54. The van der Waals surface area contributed by atoms with Crippen molar-refractivity contribution in [3.63, 3.8) is 0 Å². The molecule has 0 aromatic heterocycles. The van der Waals surface area contributed by atoms with Crippen LogP contribution in [-0.2, 0) is 0 Å². The van der Waals surface area contributed by atoms with Crippen molar-refractivity contribution < 1.29 is 4.39 Å². The van der Waals surface area contributed by atoms with Crippen LogP contribution in [0.5, 0.6) is 0 Å². The lowest BCUT2D eigenvalue weighted by molar-refractivity contribution is 0.559. The molecular formula is C15H13Cl3FN. The SMILES string of the molecule is CCNC(c1ccc(Cl)cc1F)c1c(Cl)cccc1Cl. The minimum atomic E-state index is -0.418. The van der Waals surface area contributed by atoms with Crippen LogP contribution in [0.1, 0.15) is 24.1 Å². The first kappa shape index (κ1) is 15.6. The van der Waals surface area contributed by atoms with Gasteiger partial charge >= 0.3 is 0 Å². The van der Waals surface area contributed by atoms with E-state index in [9.17, 15) is 4.39 Å². The van der Waals surface area contributed by atoms with Gasteiger partial charge in [0, 0.05) is 26.2 Å². The van der Waals surface area contributed by atoms with Crippen LogP contribution in [0, 0.1) is 5.82 Å². The third-order valence-electron chi connectivity index (χ3n) is 2.97. The van der Waals surface area contributed by atoms with Crippen LogP contribution in [0.3, 0.4) is 0 Å². The number of benzene rings is 2. The number of hydrogen-bond donors (Lipinski definition) is 1. The molecule has 0 saturated heterocycles. The fourth-order valence-corrected chi connectivity index (χ4v) is 2.87. The highest BCUT2D eigenvalue weighted by atomic mass is 35.5. The normalized spacial score (nSPS) is 12.4. The molecule has 2 aromatic rings. The molecule has 5 heteroatoms. The Morgan fingerprint density at radius 3 is 2.30 bits per heavy atom. The van der Waals surface area contributed by atoms with Crippen LogP contribution in [-0.4, -0.2) is 6.54 Å². The number of nitrogens with one attached hydrogen (secondary N) is 1. The molecule has 106 valence electrons. The Balaban J connectivity index is 2.56. The van der Waals surface area contributed by atoms with Gasteiger partial charge in [0.05, 0.1) is 6.04 Å². The number of rotatable bonds is 4. The van der Waals surface area contributed by atoms with Crippen LogP contribution >= 0.6 is 34.8 Å². The molecule has 1 unspecified atom stereocenters. The highest BCUT2D eigenvalue weighted by molar-refractivity contribution is 6.36. The number of halogens is 4. The van der Waals surface area contributed by atoms with E-state index in [2.05, 4.69) is 5.32 Å². The molecule has 2 aromatic carbocycles. The van der Waals surface area contributed by atoms with E-state index in [1.807, 2.05) is 6.92 Å². The summed E-state index contributed by atoms with van der Waals surface area (Å²) in [5.74, 6) is -0.389. The minimum Gasteiger partial charge on any atom is -0.306 e. The zero-order valence-electron chi connectivity index (χ0n) is 10.8. The maximum absolute atomic E-state index is 14.2. The summed E-state index contributed by atoms with van der Waals surface area (Å²) in [6.07, 6.45) is 0. The molecule has 2 rings (SSSR count). The predicted octanol–water partition coefficient (Wildman–Crippen LogP) is 5.48. The highest BCUT2D eigenvalue weighted by Gasteiger charge is 2.22. The molecule has 1 atom stereocenters. The molecule has 0 radical (unpaired) electrons.